The highest BCUT2D eigenvalue weighted by Crippen LogP contribution is 2.47. The molecule has 2 aromatic heterocycles. The standard InChI is InChI=1S/C42H26N2/c1-3-12-30-25-32(22-19-27(30)9-1)43(33-23-20-28-10-2-4-13-31(28)26-33)37-17-8-18-38-41(37)36-16-7-15-35-40-34-14-6-5-11-29(34)21-24-39(40)44(38)42(35)36/h1-26H. The average molecular weight is 559 g/mol. The summed E-state index contributed by atoms with van der Waals surface area (Å²) in [7, 11) is 0. The van der Waals surface area contributed by atoms with Crippen LogP contribution in [0.3, 0.4) is 0 Å². The van der Waals surface area contributed by atoms with Crippen molar-refractivity contribution in [1.82, 2.24) is 4.40 Å². The molecule has 2 heteroatoms. The molecule has 204 valence electrons. The molecular formula is C42H26N2. The Morgan fingerprint density at radius 3 is 1.59 bits per heavy atom. The van der Waals surface area contributed by atoms with Crippen molar-refractivity contribution >= 4 is 87.5 Å². The number of benzene rings is 8. The normalized spacial score (nSPS) is 12.1. The van der Waals surface area contributed by atoms with Gasteiger partial charge in [0.05, 0.1) is 22.2 Å². The fourth-order valence-electron chi connectivity index (χ4n) is 7.52. The van der Waals surface area contributed by atoms with Crippen LogP contribution >= 0.6 is 0 Å². The first-order chi connectivity index (χ1) is 21.8. The van der Waals surface area contributed by atoms with Gasteiger partial charge in [-0.1, -0.05) is 115 Å². The van der Waals surface area contributed by atoms with Crippen molar-refractivity contribution in [3.05, 3.63) is 158 Å². The molecule has 10 aromatic rings. The van der Waals surface area contributed by atoms with Gasteiger partial charge < -0.3 is 9.30 Å². The van der Waals surface area contributed by atoms with E-state index in [1.807, 2.05) is 0 Å². The lowest BCUT2D eigenvalue weighted by Crippen LogP contribution is -2.10. The topological polar surface area (TPSA) is 7.65 Å². The molecule has 0 N–H and O–H groups in total. The highest BCUT2D eigenvalue weighted by Gasteiger charge is 2.23. The van der Waals surface area contributed by atoms with Gasteiger partial charge in [-0.05, 0) is 74.8 Å². The Kier molecular flexibility index (Phi) is 4.75. The number of nitrogens with zero attached hydrogens (tertiary/aromatic N) is 2. The first-order valence-electron chi connectivity index (χ1n) is 15.2. The minimum atomic E-state index is 1.15. The number of hydrogen-bond acceptors (Lipinski definition) is 1. The first-order valence-corrected chi connectivity index (χ1v) is 15.2. The zero-order valence-corrected chi connectivity index (χ0v) is 23.9. The largest absolute Gasteiger partial charge is 0.310 e. The Morgan fingerprint density at radius 1 is 0.364 bits per heavy atom. The second kappa shape index (κ2) is 8.82. The number of rotatable bonds is 3. The molecular weight excluding hydrogens is 532 g/mol. The minimum Gasteiger partial charge on any atom is -0.310 e. The fourth-order valence-corrected chi connectivity index (χ4v) is 7.52. The fraction of sp³-hybridized carbons (Fsp3) is 0. The second-order valence-electron chi connectivity index (χ2n) is 11.8. The molecule has 0 saturated heterocycles. The van der Waals surface area contributed by atoms with E-state index < -0.39 is 0 Å². The number of aromatic nitrogens is 1. The Balaban J connectivity index is 1.33. The van der Waals surface area contributed by atoms with E-state index in [9.17, 15) is 0 Å². The Labute approximate surface area is 253 Å². The molecule has 0 atom stereocenters. The molecule has 10 rings (SSSR count). The number of anilines is 3. The van der Waals surface area contributed by atoms with E-state index in [2.05, 4.69) is 167 Å². The molecule has 0 saturated carbocycles. The van der Waals surface area contributed by atoms with E-state index in [-0.39, 0.29) is 0 Å². The maximum Gasteiger partial charge on any atom is 0.0621 e. The molecule has 0 bridgehead atoms. The quantitative estimate of drug-likeness (QED) is 0.209. The Bertz CT molecular complexity index is 2650. The van der Waals surface area contributed by atoms with Gasteiger partial charge in [-0.3, -0.25) is 0 Å². The second-order valence-corrected chi connectivity index (χ2v) is 11.8. The summed E-state index contributed by atoms with van der Waals surface area (Å²) in [5, 5.41) is 12.7. The summed E-state index contributed by atoms with van der Waals surface area (Å²) >= 11 is 0. The molecule has 0 spiro atoms. The van der Waals surface area contributed by atoms with Crippen LogP contribution in [-0.4, -0.2) is 4.40 Å². The van der Waals surface area contributed by atoms with Crippen molar-refractivity contribution in [3.8, 4) is 0 Å². The number of hydrogen-bond donors (Lipinski definition) is 0. The van der Waals surface area contributed by atoms with E-state index in [0.29, 0.717) is 0 Å². The van der Waals surface area contributed by atoms with Crippen LogP contribution < -0.4 is 4.90 Å². The van der Waals surface area contributed by atoms with Crippen LogP contribution in [0, 0.1) is 0 Å². The van der Waals surface area contributed by atoms with Gasteiger partial charge in [0.15, 0.2) is 0 Å². The van der Waals surface area contributed by atoms with Crippen LogP contribution in [0.15, 0.2) is 158 Å². The molecule has 0 aliphatic carbocycles. The number of para-hydroxylation sites is 1. The lowest BCUT2D eigenvalue weighted by molar-refractivity contribution is 1.31. The lowest BCUT2D eigenvalue weighted by Gasteiger charge is -2.27. The molecule has 0 unspecified atom stereocenters. The van der Waals surface area contributed by atoms with Crippen LogP contribution in [0.1, 0.15) is 0 Å². The summed E-state index contributed by atoms with van der Waals surface area (Å²) in [6, 6.07) is 57.8. The smallest absolute Gasteiger partial charge is 0.0621 e. The number of fused-ring (bicyclic) bond motifs is 10. The predicted molar refractivity (Wildman–Crippen MR) is 188 cm³/mol. The summed E-state index contributed by atoms with van der Waals surface area (Å²) in [4.78, 5) is 2.45. The summed E-state index contributed by atoms with van der Waals surface area (Å²) in [6.07, 6.45) is 0. The van der Waals surface area contributed by atoms with Gasteiger partial charge in [0, 0.05) is 32.9 Å². The molecule has 0 aliphatic heterocycles. The molecule has 0 fully saturated rings. The van der Waals surface area contributed by atoms with Crippen molar-refractivity contribution in [3.63, 3.8) is 0 Å². The summed E-state index contributed by atoms with van der Waals surface area (Å²) in [6.45, 7) is 0. The van der Waals surface area contributed by atoms with Crippen molar-refractivity contribution in [1.29, 1.82) is 0 Å². The van der Waals surface area contributed by atoms with Gasteiger partial charge in [-0.25, -0.2) is 0 Å². The van der Waals surface area contributed by atoms with Crippen molar-refractivity contribution in [2.45, 2.75) is 0 Å². The molecule has 8 aromatic carbocycles. The van der Waals surface area contributed by atoms with E-state index in [0.717, 1.165) is 11.4 Å². The highest BCUT2D eigenvalue weighted by atomic mass is 15.1. The third kappa shape index (κ3) is 3.20. The summed E-state index contributed by atoms with van der Waals surface area (Å²) in [5.74, 6) is 0. The predicted octanol–water partition coefficient (Wildman–Crippen LogP) is 11.8. The maximum absolute atomic E-state index is 2.49. The summed E-state index contributed by atoms with van der Waals surface area (Å²) in [5.41, 5.74) is 7.24. The van der Waals surface area contributed by atoms with Gasteiger partial charge in [0.25, 0.3) is 0 Å². The van der Waals surface area contributed by atoms with E-state index in [1.165, 1.54) is 76.1 Å². The van der Waals surface area contributed by atoms with E-state index in [1.54, 1.807) is 0 Å². The van der Waals surface area contributed by atoms with Gasteiger partial charge >= 0.3 is 0 Å². The summed E-state index contributed by atoms with van der Waals surface area (Å²) < 4.78 is 2.49. The first kappa shape index (κ1) is 23.7. The van der Waals surface area contributed by atoms with Crippen LogP contribution in [0.25, 0.3) is 70.4 Å². The molecule has 0 amide bonds. The molecule has 0 aliphatic rings. The van der Waals surface area contributed by atoms with Gasteiger partial charge in [-0.15, -0.1) is 0 Å². The van der Waals surface area contributed by atoms with E-state index >= 15 is 0 Å². The van der Waals surface area contributed by atoms with Crippen LogP contribution in [0.4, 0.5) is 17.1 Å². The highest BCUT2D eigenvalue weighted by molar-refractivity contribution is 6.30. The maximum atomic E-state index is 2.49. The Hall–Kier alpha value is -5.86. The van der Waals surface area contributed by atoms with Crippen molar-refractivity contribution < 1.29 is 0 Å². The lowest BCUT2D eigenvalue weighted by atomic mass is 10.0. The third-order valence-electron chi connectivity index (χ3n) is 9.43. The van der Waals surface area contributed by atoms with Crippen LogP contribution in [0.5, 0.6) is 0 Å². The molecule has 2 nitrogen and oxygen atoms in total. The van der Waals surface area contributed by atoms with Crippen LogP contribution in [-0.2, 0) is 0 Å². The molecule has 0 radical (unpaired) electrons. The third-order valence-corrected chi connectivity index (χ3v) is 9.43. The Morgan fingerprint density at radius 2 is 0.886 bits per heavy atom. The molecule has 2 heterocycles. The van der Waals surface area contributed by atoms with Gasteiger partial charge in [0.2, 0.25) is 0 Å². The zero-order chi connectivity index (χ0) is 28.8. The van der Waals surface area contributed by atoms with Gasteiger partial charge in [0.1, 0.15) is 0 Å². The zero-order valence-electron chi connectivity index (χ0n) is 23.9. The van der Waals surface area contributed by atoms with Crippen molar-refractivity contribution in [2.75, 3.05) is 4.90 Å². The van der Waals surface area contributed by atoms with E-state index in [4.69, 9.17) is 0 Å². The van der Waals surface area contributed by atoms with Crippen molar-refractivity contribution in [2.24, 2.45) is 0 Å². The van der Waals surface area contributed by atoms with Gasteiger partial charge in [-0.2, -0.15) is 0 Å². The monoisotopic (exact) mass is 558 g/mol. The molecule has 44 heavy (non-hydrogen) atoms. The SMILES string of the molecule is c1ccc2cc(N(c3ccc4ccccc4c3)c3cccc4c3c3cccc5c6c7ccccc7ccc6n4c35)ccc2c1. The van der Waals surface area contributed by atoms with Crippen LogP contribution in [0.2, 0.25) is 0 Å². The minimum absolute atomic E-state index is 1.15. The average Bonchev–Trinajstić information content (AvgIpc) is 3.61.